The number of ether oxygens (including phenoxy) is 2. The van der Waals surface area contributed by atoms with Gasteiger partial charge in [-0.3, -0.25) is 0 Å². The quantitative estimate of drug-likeness (QED) is 0.340. The molecule has 0 unspecified atom stereocenters. The number of likely N-dealkylation sites (N-methyl/N-ethyl adjacent to an activating group) is 1. The normalized spacial score (nSPS) is 12.2. The lowest BCUT2D eigenvalue weighted by Crippen LogP contribution is -2.24. The molecule has 0 heterocycles. The fourth-order valence-electron chi connectivity index (χ4n) is 0.616. The van der Waals surface area contributed by atoms with Crippen molar-refractivity contribution in [3.63, 3.8) is 0 Å². The van der Waals surface area contributed by atoms with Gasteiger partial charge in [0, 0.05) is 6.54 Å². The van der Waals surface area contributed by atoms with E-state index in [9.17, 15) is 22.8 Å². The van der Waals surface area contributed by atoms with Crippen molar-refractivity contribution in [3.8, 4) is 0 Å². The second-order valence-electron chi connectivity index (χ2n) is 2.94. The molecule has 0 amide bonds. The van der Waals surface area contributed by atoms with Gasteiger partial charge in [-0.15, -0.1) is 0 Å². The van der Waals surface area contributed by atoms with E-state index in [-0.39, 0.29) is 12.2 Å². The number of carbonyl (C=O) groups excluding carboxylic acids is 2. The van der Waals surface area contributed by atoms with Crippen LogP contribution in [0.3, 0.4) is 0 Å². The summed E-state index contributed by atoms with van der Waals surface area (Å²) in [5, 5.41) is 2.70. The number of rotatable bonds is 5. The van der Waals surface area contributed by atoms with Crippen LogP contribution in [-0.4, -0.2) is 38.3 Å². The molecule has 5 nitrogen and oxygen atoms in total. The van der Waals surface area contributed by atoms with Gasteiger partial charge in [0.25, 0.3) is 0 Å². The zero-order valence-corrected chi connectivity index (χ0v) is 9.26. The van der Waals surface area contributed by atoms with Gasteiger partial charge in [0.2, 0.25) is 0 Å². The molecule has 0 aromatic carbocycles. The number of alkyl halides is 3. The summed E-state index contributed by atoms with van der Waals surface area (Å²) in [5.74, 6) is -3.24. The SMILES string of the molecule is CNCCOC(=O)C(C)=COC(=O)C(F)(F)F. The van der Waals surface area contributed by atoms with Crippen LogP contribution >= 0.6 is 0 Å². The first-order valence-electron chi connectivity index (χ1n) is 4.55. The Hall–Kier alpha value is -1.57. The summed E-state index contributed by atoms with van der Waals surface area (Å²) >= 11 is 0. The first-order valence-corrected chi connectivity index (χ1v) is 4.55. The molecule has 0 saturated carbocycles. The average molecular weight is 255 g/mol. The molecule has 0 aliphatic carbocycles. The zero-order chi connectivity index (χ0) is 13.5. The van der Waals surface area contributed by atoms with Gasteiger partial charge in [0.15, 0.2) is 0 Å². The first kappa shape index (κ1) is 15.4. The van der Waals surface area contributed by atoms with Crippen molar-refractivity contribution in [3.05, 3.63) is 11.8 Å². The number of hydrogen-bond acceptors (Lipinski definition) is 5. The van der Waals surface area contributed by atoms with E-state index in [0.29, 0.717) is 12.8 Å². The van der Waals surface area contributed by atoms with Crippen LogP contribution in [-0.2, 0) is 19.1 Å². The van der Waals surface area contributed by atoms with Crippen LogP contribution in [0.1, 0.15) is 6.92 Å². The third kappa shape index (κ3) is 6.56. The van der Waals surface area contributed by atoms with E-state index in [2.05, 4.69) is 14.8 Å². The molecule has 1 N–H and O–H groups in total. The highest BCUT2D eigenvalue weighted by Gasteiger charge is 2.40. The highest BCUT2D eigenvalue weighted by atomic mass is 19.4. The molecule has 17 heavy (non-hydrogen) atoms. The maximum Gasteiger partial charge on any atom is 0.491 e. The Kier molecular flexibility index (Phi) is 6.26. The van der Waals surface area contributed by atoms with Crippen molar-refractivity contribution in [2.45, 2.75) is 13.1 Å². The molecule has 0 aromatic heterocycles. The smallest absolute Gasteiger partial charge is 0.461 e. The van der Waals surface area contributed by atoms with Gasteiger partial charge in [-0.05, 0) is 14.0 Å². The molecule has 0 saturated heterocycles. The van der Waals surface area contributed by atoms with Crippen LogP contribution in [0.2, 0.25) is 0 Å². The van der Waals surface area contributed by atoms with E-state index in [4.69, 9.17) is 0 Å². The maximum atomic E-state index is 11.7. The fraction of sp³-hybridized carbons (Fsp3) is 0.556. The van der Waals surface area contributed by atoms with Crippen LogP contribution in [0, 0.1) is 0 Å². The molecule has 0 bridgehead atoms. The Bertz CT molecular complexity index is 312. The molecular formula is C9H12F3NO4. The minimum atomic E-state index is -5.09. The molecule has 0 aromatic rings. The Balaban J connectivity index is 4.17. The highest BCUT2D eigenvalue weighted by molar-refractivity contribution is 5.88. The van der Waals surface area contributed by atoms with Gasteiger partial charge in [0.05, 0.1) is 5.57 Å². The number of carbonyl (C=O) groups is 2. The van der Waals surface area contributed by atoms with Crippen LogP contribution in [0.25, 0.3) is 0 Å². The van der Waals surface area contributed by atoms with E-state index in [1.54, 1.807) is 7.05 Å². The lowest BCUT2D eigenvalue weighted by atomic mass is 10.3. The predicted octanol–water partition coefficient (Wildman–Crippen LogP) is 0.758. The largest absolute Gasteiger partial charge is 0.491 e. The van der Waals surface area contributed by atoms with Gasteiger partial charge in [-0.25, -0.2) is 9.59 Å². The van der Waals surface area contributed by atoms with E-state index in [0.717, 1.165) is 0 Å². The Morgan fingerprint density at radius 2 is 1.94 bits per heavy atom. The maximum absolute atomic E-state index is 11.7. The molecule has 0 rings (SSSR count). The second kappa shape index (κ2) is 6.89. The molecule has 98 valence electrons. The Morgan fingerprint density at radius 1 is 1.35 bits per heavy atom. The van der Waals surface area contributed by atoms with Crippen LogP contribution in [0.5, 0.6) is 0 Å². The standard InChI is InChI=1S/C9H12F3NO4/c1-6(7(14)16-4-3-13-2)5-17-8(15)9(10,11)12/h5,13H,3-4H2,1-2H3. The van der Waals surface area contributed by atoms with E-state index >= 15 is 0 Å². The highest BCUT2D eigenvalue weighted by Crippen LogP contribution is 2.16. The molecule has 8 heteroatoms. The van der Waals surface area contributed by atoms with Crippen molar-refractivity contribution < 1.29 is 32.2 Å². The Morgan fingerprint density at radius 3 is 2.41 bits per heavy atom. The molecule has 0 atom stereocenters. The van der Waals surface area contributed by atoms with E-state index < -0.39 is 18.1 Å². The minimum Gasteiger partial charge on any atom is -0.461 e. The van der Waals surface area contributed by atoms with Crippen molar-refractivity contribution in [2.75, 3.05) is 20.2 Å². The van der Waals surface area contributed by atoms with E-state index in [1.807, 2.05) is 0 Å². The fourth-order valence-corrected chi connectivity index (χ4v) is 0.616. The van der Waals surface area contributed by atoms with Gasteiger partial charge in [-0.2, -0.15) is 13.2 Å². The monoisotopic (exact) mass is 255 g/mol. The third-order valence-corrected chi connectivity index (χ3v) is 1.48. The minimum absolute atomic E-state index is 0.0632. The van der Waals surface area contributed by atoms with Crippen LogP contribution in [0.4, 0.5) is 13.2 Å². The number of esters is 2. The Labute approximate surface area is 95.6 Å². The number of nitrogens with one attached hydrogen (secondary N) is 1. The second-order valence-corrected chi connectivity index (χ2v) is 2.94. The summed E-state index contributed by atoms with van der Waals surface area (Å²) in [5.41, 5.74) is -0.237. The molecule has 0 radical (unpaired) electrons. The topological polar surface area (TPSA) is 64.6 Å². The summed E-state index contributed by atoms with van der Waals surface area (Å²) in [7, 11) is 1.64. The number of hydrogen-bond donors (Lipinski definition) is 1. The van der Waals surface area contributed by atoms with Crippen molar-refractivity contribution in [1.82, 2.24) is 5.32 Å². The molecule has 0 fully saturated rings. The first-order chi connectivity index (χ1) is 7.79. The van der Waals surface area contributed by atoms with Gasteiger partial charge >= 0.3 is 18.1 Å². The van der Waals surface area contributed by atoms with Gasteiger partial charge in [-0.1, -0.05) is 0 Å². The van der Waals surface area contributed by atoms with Crippen molar-refractivity contribution in [2.24, 2.45) is 0 Å². The number of halogens is 3. The summed E-state index contributed by atoms with van der Waals surface area (Å²) in [6.45, 7) is 1.64. The van der Waals surface area contributed by atoms with Gasteiger partial charge in [0.1, 0.15) is 12.9 Å². The summed E-state index contributed by atoms with van der Waals surface area (Å²) in [4.78, 5) is 21.4. The summed E-state index contributed by atoms with van der Waals surface area (Å²) in [6, 6.07) is 0. The molecule has 0 aliphatic rings. The average Bonchev–Trinajstić information content (AvgIpc) is 2.24. The van der Waals surface area contributed by atoms with E-state index in [1.165, 1.54) is 6.92 Å². The van der Waals surface area contributed by atoms with Crippen LogP contribution < -0.4 is 5.32 Å². The lowest BCUT2D eigenvalue weighted by Gasteiger charge is -2.05. The summed E-state index contributed by atoms with van der Waals surface area (Å²) < 4.78 is 43.5. The van der Waals surface area contributed by atoms with Crippen molar-refractivity contribution >= 4 is 11.9 Å². The zero-order valence-electron chi connectivity index (χ0n) is 9.26. The molecular weight excluding hydrogens is 243 g/mol. The van der Waals surface area contributed by atoms with Crippen LogP contribution in [0.15, 0.2) is 11.8 Å². The van der Waals surface area contributed by atoms with Crippen molar-refractivity contribution in [1.29, 1.82) is 0 Å². The lowest BCUT2D eigenvalue weighted by molar-refractivity contribution is -0.193. The summed E-state index contributed by atoms with van der Waals surface area (Å²) in [6.07, 6.45) is -4.68. The third-order valence-electron chi connectivity index (χ3n) is 1.48. The van der Waals surface area contributed by atoms with Gasteiger partial charge < -0.3 is 14.8 Å². The molecule has 0 spiro atoms. The molecule has 0 aliphatic heterocycles. The predicted molar refractivity (Wildman–Crippen MR) is 50.8 cm³/mol.